The van der Waals surface area contributed by atoms with Crippen molar-refractivity contribution < 1.29 is 19.8 Å². The van der Waals surface area contributed by atoms with Crippen LogP contribution in [0, 0.1) is 0 Å². The monoisotopic (exact) mass is 175 g/mol. The van der Waals surface area contributed by atoms with E-state index in [2.05, 4.69) is 5.32 Å². The first kappa shape index (κ1) is 10.9. The van der Waals surface area contributed by atoms with E-state index in [9.17, 15) is 9.59 Å². The van der Waals surface area contributed by atoms with Gasteiger partial charge in [-0.05, 0) is 13.8 Å². The predicted molar refractivity (Wildman–Crippen MR) is 41.6 cm³/mol. The van der Waals surface area contributed by atoms with Crippen LogP contribution in [0.15, 0.2) is 0 Å². The Kier molecular flexibility index (Phi) is 3.69. The minimum absolute atomic E-state index is 0.0969. The van der Waals surface area contributed by atoms with Gasteiger partial charge in [-0.15, -0.1) is 0 Å². The SMILES string of the molecule is CC(C)(O)CC(=O)NCC(=O)O. The first-order valence-electron chi connectivity index (χ1n) is 3.52. The Balaban J connectivity index is 3.68. The molecule has 0 saturated carbocycles. The largest absolute Gasteiger partial charge is 0.480 e. The third-order valence-corrected chi connectivity index (χ3v) is 1.03. The number of hydrogen-bond donors (Lipinski definition) is 3. The Bertz CT molecular complexity index is 182. The van der Waals surface area contributed by atoms with Gasteiger partial charge in [-0.3, -0.25) is 9.59 Å². The molecule has 0 bridgehead atoms. The maximum absolute atomic E-state index is 10.8. The average Bonchev–Trinajstić information content (AvgIpc) is 1.79. The van der Waals surface area contributed by atoms with Crippen LogP contribution in [0.4, 0.5) is 0 Å². The second-order valence-corrected chi connectivity index (χ2v) is 3.16. The van der Waals surface area contributed by atoms with Crippen molar-refractivity contribution in [3.8, 4) is 0 Å². The molecule has 0 radical (unpaired) electrons. The van der Waals surface area contributed by atoms with Crippen LogP contribution in [0.2, 0.25) is 0 Å². The molecule has 0 aromatic heterocycles. The molecule has 0 unspecified atom stereocenters. The fourth-order valence-corrected chi connectivity index (χ4v) is 0.630. The van der Waals surface area contributed by atoms with Gasteiger partial charge in [0.2, 0.25) is 5.91 Å². The smallest absolute Gasteiger partial charge is 0.322 e. The molecule has 0 atom stereocenters. The van der Waals surface area contributed by atoms with Crippen molar-refractivity contribution in [3.63, 3.8) is 0 Å². The Hall–Kier alpha value is -1.10. The molecule has 0 aromatic rings. The molecule has 0 aliphatic carbocycles. The second kappa shape index (κ2) is 4.06. The summed E-state index contributed by atoms with van der Waals surface area (Å²) >= 11 is 0. The number of aliphatic hydroxyl groups is 1. The highest BCUT2D eigenvalue weighted by molar-refractivity contribution is 5.81. The third-order valence-electron chi connectivity index (χ3n) is 1.03. The van der Waals surface area contributed by atoms with Crippen LogP contribution in [0.5, 0.6) is 0 Å². The van der Waals surface area contributed by atoms with Gasteiger partial charge >= 0.3 is 5.97 Å². The van der Waals surface area contributed by atoms with Crippen molar-refractivity contribution in [1.29, 1.82) is 0 Å². The molecule has 5 heteroatoms. The molecule has 0 fully saturated rings. The number of amides is 1. The van der Waals surface area contributed by atoms with Crippen molar-refractivity contribution in [1.82, 2.24) is 5.32 Å². The van der Waals surface area contributed by atoms with Gasteiger partial charge in [-0.1, -0.05) is 0 Å². The molecule has 0 rings (SSSR count). The number of rotatable bonds is 4. The van der Waals surface area contributed by atoms with E-state index in [0.717, 1.165) is 0 Å². The minimum Gasteiger partial charge on any atom is -0.480 e. The van der Waals surface area contributed by atoms with Gasteiger partial charge in [0.15, 0.2) is 0 Å². The van der Waals surface area contributed by atoms with Crippen molar-refractivity contribution in [2.75, 3.05) is 6.54 Å². The van der Waals surface area contributed by atoms with Gasteiger partial charge in [0.05, 0.1) is 12.0 Å². The quantitative estimate of drug-likeness (QED) is 0.529. The molecule has 0 saturated heterocycles. The molecule has 0 spiro atoms. The number of hydrogen-bond acceptors (Lipinski definition) is 3. The summed E-state index contributed by atoms with van der Waals surface area (Å²) < 4.78 is 0. The molecular formula is C7H13NO4. The van der Waals surface area contributed by atoms with E-state index in [1.165, 1.54) is 13.8 Å². The number of carbonyl (C=O) groups is 2. The lowest BCUT2D eigenvalue weighted by molar-refractivity contribution is -0.138. The summed E-state index contributed by atoms with van der Waals surface area (Å²) in [5, 5.41) is 19.5. The lowest BCUT2D eigenvalue weighted by Gasteiger charge is -2.15. The summed E-state index contributed by atoms with van der Waals surface area (Å²) in [4.78, 5) is 20.8. The van der Waals surface area contributed by atoms with Gasteiger partial charge in [-0.25, -0.2) is 0 Å². The third kappa shape index (κ3) is 7.01. The number of carboxylic acids is 1. The van der Waals surface area contributed by atoms with E-state index in [-0.39, 0.29) is 6.42 Å². The molecule has 70 valence electrons. The standard InChI is InChI=1S/C7H13NO4/c1-7(2,12)3-5(9)8-4-6(10)11/h12H,3-4H2,1-2H3,(H,8,9)(H,10,11). The molecule has 5 nitrogen and oxygen atoms in total. The summed E-state index contributed by atoms with van der Waals surface area (Å²) in [5.74, 6) is -1.57. The number of nitrogens with one attached hydrogen (secondary N) is 1. The van der Waals surface area contributed by atoms with Crippen LogP contribution in [-0.2, 0) is 9.59 Å². The topological polar surface area (TPSA) is 86.6 Å². The zero-order valence-corrected chi connectivity index (χ0v) is 7.13. The number of carboxylic acid groups (broad SMARTS) is 1. The van der Waals surface area contributed by atoms with E-state index in [1.54, 1.807) is 0 Å². The van der Waals surface area contributed by atoms with E-state index < -0.39 is 24.0 Å². The van der Waals surface area contributed by atoms with E-state index >= 15 is 0 Å². The zero-order valence-electron chi connectivity index (χ0n) is 7.13. The molecule has 0 heterocycles. The molecule has 0 aliphatic heterocycles. The lowest BCUT2D eigenvalue weighted by atomic mass is 10.1. The normalized spacial score (nSPS) is 10.9. The first-order valence-corrected chi connectivity index (χ1v) is 3.52. The molecular weight excluding hydrogens is 162 g/mol. The Morgan fingerprint density at radius 2 is 1.92 bits per heavy atom. The summed E-state index contributed by atoms with van der Waals surface area (Å²) in [7, 11) is 0. The van der Waals surface area contributed by atoms with Crippen molar-refractivity contribution in [3.05, 3.63) is 0 Å². The maximum Gasteiger partial charge on any atom is 0.322 e. The minimum atomic E-state index is -1.10. The van der Waals surface area contributed by atoms with E-state index in [0.29, 0.717) is 0 Å². The molecule has 1 amide bonds. The Labute approximate surface area is 70.4 Å². The van der Waals surface area contributed by atoms with Crippen LogP contribution in [0.25, 0.3) is 0 Å². The van der Waals surface area contributed by atoms with Crippen LogP contribution in [-0.4, -0.2) is 34.2 Å². The highest BCUT2D eigenvalue weighted by Gasteiger charge is 2.17. The van der Waals surface area contributed by atoms with Gasteiger partial charge in [0.25, 0.3) is 0 Å². The summed E-state index contributed by atoms with van der Waals surface area (Å²) in [6.07, 6.45) is -0.0969. The van der Waals surface area contributed by atoms with Crippen LogP contribution in [0.3, 0.4) is 0 Å². The first-order chi connectivity index (χ1) is 5.31. The molecule has 3 N–H and O–H groups in total. The van der Waals surface area contributed by atoms with Gasteiger partial charge in [-0.2, -0.15) is 0 Å². The van der Waals surface area contributed by atoms with E-state index in [1.807, 2.05) is 0 Å². The number of aliphatic carboxylic acids is 1. The molecule has 0 aliphatic rings. The number of carbonyl (C=O) groups excluding carboxylic acids is 1. The Morgan fingerprint density at radius 3 is 2.25 bits per heavy atom. The van der Waals surface area contributed by atoms with Crippen molar-refractivity contribution >= 4 is 11.9 Å². The second-order valence-electron chi connectivity index (χ2n) is 3.16. The Morgan fingerprint density at radius 1 is 1.42 bits per heavy atom. The highest BCUT2D eigenvalue weighted by Crippen LogP contribution is 2.05. The molecule has 12 heavy (non-hydrogen) atoms. The van der Waals surface area contributed by atoms with E-state index in [4.69, 9.17) is 10.2 Å². The molecule has 0 aromatic carbocycles. The predicted octanol–water partition coefficient (Wildman–Crippen LogP) is -0.652. The lowest BCUT2D eigenvalue weighted by Crippen LogP contribution is -2.35. The van der Waals surface area contributed by atoms with Crippen LogP contribution < -0.4 is 5.32 Å². The average molecular weight is 175 g/mol. The van der Waals surface area contributed by atoms with Crippen LogP contribution in [0.1, 0.15) is 20.3 Å². The van der Waals surface area contributed by atoms with Gasteiger partial charge in [0.1, 0.15) is 6.54 Å². The fourth-order valence-electron chi connectivity index (χ4n) is 0.630. The van der Waals surface area contributed by atoms with Gasteiger partial charge in [0, 0.05) is 0 Å². The summed E-state index contributed by atoms with van der Waals surface area (Å²) in [5.41, 5.74) is -1.09. The summed E-state index contributed by atoms with van der Waals surface area (Å²) in [6, 6.07) is 0. The highest BCUT2D eigenvalue weighted by atomic mass is 16.4. The zero-order chi connectivity index (χ0) is 9.78. The van der Waals surface area contributed by atoms with Gasteiger partial charge < -0.3 is 15.5 Å². The summed E-state index contributed by atoms with van der Waals surface area (Å²) in [6.45, 7) is 2.55. The van der Waals surface area contributed by atoms with Crippen LogP contribution >= 0.6 is 0 Å². The van der Waals surface area contributed by atoms with Crippen molar-refractivity contribution in [2.45, 2.75) is 25.9 Å². The fraction of sp³-hybridized carbons (Fsp3) is 0.714. The van der Waals surface area contributed by atoms with Crippen molar-refractivity contribution in [2.24, 2.45) is 0 Å². The maximum atomic E-state index is 10.8.